The molecular formula is C17H22N2OS2. The SMILES string of the molecule is O=C(CSC1=NCCS1)N1CCC(Cc2ccccc2)CC1. The molecule has 3 nitrogen and oxygen atoms in total. The number of rotatable bonds is 4. The Morgan fingerprint density at radius 3 is 2.73 bits per heavy atom. The van der Waals surface area contributed by atoms with Crippen LogP contribution in [-0.4, -0.2) is 46.3 Å². The van der Waals surface area contributed by atoms with Crippen LogP contribution in [0.5, 0.6) is 0 Å². The first-order valence-electron chi connectivity index (χ1n) is 7.93. The Morgan fingerprint density at radius 1 is 1.27 bits per heavy atom. The van der Waals surface area contributed by atoms with Crippen LogP contribution in [0.25, 0.3) is 0 Å². The number of thioether (sulfide) groups is 2. The summed E-state index contributed by atoms with van der Waals surface area (Å²) < 4.78 is 1.09. The zero-order valence-corrected chi connectivity index (χ0v) is 14.4. The molecule has 1 fully saturated rings. The van der Waals surface area contributed by atoms with Crippen molar-refractivity contribution in [2.75, 3.05) is 31.1 Å². The van der Waals surface area contributed by atoms with Crippen LogP contribution in [0.1, 0.15) is 18.4 Å². The van der Waals surface area contributed by atoms with Gasteiger partial charge in [-0.1, -0.05) is 53.9 Å². The molecule has 3 rings (SSSR count). The number of aliphatic imine (C=N–C) groups is 1. The summed E-state index contributed by atoms with van der Waals surface area (Å²) >= 11 is 3.39. The quantitative estimate of drug-likeness (QED) is 0.847. The average molecular weight is 335 g/mol. The van der Waals surface area contributed by atoms with Crippen molar-refractivity contribution in [1.29, 1.82) is 0 Å². The number of amides is 1. The van der Waals surface area contributed by atoms with Gasteiger partial charge in [-0.3, -0.25) is 9.79 Å². The Morgan fingerprint density at radius 2 is 2.05 bits per heavy atom. The van der Waals surface area contributed by atoms with Gasteiger partial charge in [0, 0.05) is 18.8 Å². The molecule has 0 aliphatic carbocycles. The molecule has 2 heterocycles. The first-order chi connectivity index (χ1) is 10.8. The molecule has 0 radical (unpaired) electrons. The molecule has 1 amide bonds. The number of benzene rings is 1. The first kappa shape index (κ1) is 15.9. The Bertz CT molecular complexity index is 525. The monoisotopic (exact) mass is 334 g/mol. The summed E-state index contributed by atoms with van der Waals surface area (Å²) in [5, 5.41) is 0. The maximum Gasteiger partial charge on any atom is 0.233 e. The van der Waals surface area contributed by atoms with Gasteiger partial charge >= 0.3 is 0 Å². The predicted molar refractivity (Wildman–Crippen MR) is 96.7 cm³/mol. The summed E-state index contributed by atoms with van der Waals surface area (Å²) in [6, 6.07) is 10.7. The highest BCUT2D eigenvalue weighted by Crippen LogP contribution is 2.24. The van der Waals surface area contributed by atoms with E-state index >= 15 is 0 Å². The van der Waals surface area contributed by atoms with Gasteiger partial charge in [0.1, 0.15) is 4.38 Å². The lowest BCUT2D eigenvalue weighted by molar-refractivity contribution is -0.129. The number of carbonyl (C=O) groups excluding carboxylic acids is 1. The van der Waals surface area contributed by atoms with Gasteiger partial charge in [0.2, 0.25) is 5.91 Å². The van der Waals surface area contributed by atoms with E-state index in [-0.39, 0.29) is 5.91 Å². The maximum absolute atomic E-state index is 12.3. The fourth-order valence-electron chi connectivity index (χ4n) is 2.95. The van der Waals surface area contributed by atoms with Crippen molar-refractivity contribution in [3.63, 3.8) is 0 Å². The van der Waals surface area contributed by atoms with Gasteiger partial charge in [-0.25, -0.2) is 0 Å². The average Bonchev–Trinajstić information content (AvgIpc) is 3.08. The Labute approximate surface area is 140 Å². The maximum atomic E-state index is 12.3. The van der Waals surface area contributed by atoms with E-state index in [9.17, 15) is 4.79 Å². The summed E-state index contributed by atoms with van der Waals surface area (Å²) in [7, 11) is 0. The summed E-state index contributed by atoms with van der Waals surface area (Å²) in [5.74, 6) is 2.61. The number of carbonyl (C=O) groups is 1. The van der Waals surface area contributed by atoms with Gasteiger partial charge in [0.05, 0.1) is 12.3 Å². The Balaban J connectivity index is 1.40. The number of likely N-dealkylation sites (tertiary alicyclic amines) is 1. The molecule has 118 valence electrons. The number of nitrogens with zero attached hydrogens (tertiary/aromatic N) is 2. The highest BCUT2D eigenvalue weighted by Gasteiger charge is 2.23. The summed E-state index contributed by atoms with van der Waals surface area (Å²) in [6.07, 6.45) is 3.40. The van der Waals surface area contributed by atoms with Gasteiger partial charge in [-0.15, -0.1) is 0 Å². The van der Waals surface area contributed by atoms with Gasteiger partial charge in [0.15, 0.2) is 0 Å². The molecule has 22 heavy (non-hydrogen) atoms. The molecule has 2 aliphatic rings. The van der Waals surface area contributed by atoms with Crippen molar-refractivity contribution < 1.29 is 4.79 Å². The minimum Gasteiger partial charge on any atom is -0.342 e. The van der Waals surface area contributed by atoms with E-state index < -0.39 is 0 Å². The lowest BCUT2D eigenvalue weighted by Gasteiger charge is -2.32. The van der Waals surface area contributed by atoms with Gasteiger partial charge in [0.25, 0.3) is 0 Å². The van der Waals surface area contributed by atoms with E-state index in [0.29, 0.717) is 11.7 Å². The largest absolute Gasteiger partial charge is 0.342 e. The van der Waals surface area contributed by atoms with Crippen LogP contribution in [-0.2, 0) is 11.2 Å². The third kappa shape index (κ3) is 4.53. The molecular weight excluding hydrogens is 312 g/mol. The van der Waals surface area contributed by atoms with Crippen molar-refractivity contribution >= 4 is 33.8 Å². The van der Waals surface area contributed by atoms with Crippen molar-refractivity contribution in [2.24, 2.45) is 10.9 Å². The second-order valence-electron chi connectivity index (χ2n) is 5.80. The Hall–Kier alpha value is -0.940. The van der Waals surface area contributed by atoms with Gasteiger partial charge in [-0.2, -0.15) is 0 Å². The summed E-state index contributed by atoms with van der Waals surface area (Å²) in [6.45, 7) is 2.74. The minimum atomic E-state index is 0.276. The van der Waals surface area contributed by atoms with Crippen LogP contribution in [0.2, 0.25) is 0 Å². The molecule has 1 aromatic carbocycles. The molecule has 5 heteroatoms. The van der Waals surface area contributed by atoms with Crippen molar-refractivity contribution in [3.8, 4) is 0 Å². The number of hydrogen-bond donors (Lipinski definition) is 0. The normalized spacial score (nSPS) is 19.3. The lowest BCUT2D eigenvalue weighted by atomic mass is 9.90. The van der Waals surface area contributed by atoms with Gasteiger partial charge < -0.3 is 4.90 Å². The summed E-state index contributed by atoms with van der Waals surface area (Å²) in [5.41, 5.74) is 1.42. The highest BCUT2D eigenvalue weighted by atomic mass is 32.2. The van der Waals surface area contributed by atoms with Crippen LogP contribution in [0.3, 0.4) is 0 Å². The standard InChI is InChI=1S/C17H22N2OS2/c20-16(13-22-17-18-8-11-21-17)19-9-6-15(7-10-19)12-14-4-2-1-3-5-14/h1-5,15H,6-13H2. The second-order valence-corrected chi connectivity index (χ2v) is 8.10. The number of piperidine rings is 1. The summed E-state index contributed by atoms with van der Waals surface area (Å²) in [4.78, 5) is 18.7. The zero-order chi connectivity index (χ0) is 15.2. The Kier molecular flexibility index (Phi) is 5.84. The van der Waals surface area contributed by atoms with Gasteiger partial charge in [-0.05, 0) is 30.7 Å². The van der Waals surface area contributed by atoms with Crippen molar-refractivity contribution in [1.82, 2.24) is 4.90 Å². The molecule has 1 saturated heterocycles. The van der Waals surface area contributed by atoms with E-state index in [0.717, 1.165) is 49.0 Å². The molecule has 1 aromatic rings. The van der Waals surface area contributed by atoms with Crippen LogP contribution >= 0.6 is 23.5 Å². The molecule has 0 spiro atoms. The highest BCUT2D eigenvalue weighted by molar-refractivity contribution is 8.39. The topological polar surface area (TPSA) is 32.7 Å². The number of hydrogen-bond acceptors (Lipinski definition) is 4. The molecule has 0 atom stereocenters. The molecule has 0 bridgehead atoms. The molecule has 2 aliphatic heterocycles. The van der Waals surface area contributed by atoms with Crippen LogP contribution < -0.4 is 0 Å². The van der Waals surface area contributed by atoms with E-state index in [1.165, 1.54) is 5.56 Å². The van der Waals surface area contributed by atoms with Crippen molar-refractivity contribution in [3.05, 3.63) is 35.9 Å². The fraction of sp³-hybridized carbons (Fsp3) is 0.529. The lowest BCUT2D eigenvalue weighted by Crippen LogP contribution is -2.40. The molecule has 0 unspecified atom stereocenters. The first-order valence-corrected chi connectivity index (χ1v) is 9.90. The van der Waals surface area contributed by atoms with E-state index in [1.807, 2.05) is 4.90 Å². The van der Waals surface area contributed by atoms with E-state index in [2.05, 4.69) is 35.3 Å². The molecule has 0 aromatic heterocycles. The third-order valence-corrected chi connectivity index (χ3v) is 6.45. The fourth-order valence-corrected chi connectivity index (χ4v) is 4.86. The zero-order valence-electron chi connectivity index (χ0n) is 12.7. The van der Waals surface area contributed by atoms with E-state index in [4.69, 9.17) is 0 Å². The van der Waals surface area contributed by atoms with Crippen LogP contribution in [0, 0.1) is 5.92 Å². The minimum absolute atomic E-state index is 0.276. The smallest absolute Gasteiger partial charge is 0.233 e. The van der Waals surface area contributed by atoms with Crippen molar-refractivity contribution in [2.45, 2.75) is 19.3 Å². The second kappa shape index (κ2) is 8.06. The predicted octanol–water partition coefficient (Wildman–Crippen LogP) is 3.30. The van der Waals surface area contributed by atoms with Crippen LogP contribution in [0.4, 0.5) is 0 Å². The molecule has 0 saturated carbocycles. The van der Waals surface area contributed by atoms with Crippen LogP contribution in [0.15, 0.2) is 35.3 Å². The third-order valence-electron chi connectivity index (χ3n) is 4.21. The van der Waals surface area contributed by atoms with E-state index in [1.54, 1.807) is 23.5 Å². The molecule has 0 N–H and O–H groups in total.